The molecule has 0 unspecified atom stereocenters. The summed E-state index contributed by atoms with van der Waals surface area (Å²) in [5.74, 6) is 5.66. The first-order chi connectivity index (χ1) is 2.91. The Labute approximate surface area is 75.0 Å². The third-order valence-electron chi connectivity index (χ3n) is 0.479. The Hall–Kier alpha value is 0.663. The van der Waals surface area contributed by atoms with E-state index in [0.29, 0.717) is 0 Å². The molecular weight excluding hydrogens is 217 g/mol. The molecule has 0 aliphatic rings. The summed E-state index contributed by atoms with van der Waals surface area (Å²) in [4.78, 5) is 0. The Balaban J connectivity index is -0.000000125. The van der Waals surface area contributed by atoms with E-state index in [2.05, 4.69) is 18.8 Å². The molecule has 0 heterocycles. The largest absolute Gasteiger partial charge is 2.00 e. The van der Waals surface area contributed by atoms with Crippen LogP contribution in [0.25, 0.3) is 0 Å². The van der Waals surface area contributed by atoms with E-state index < -0.39 is 0 Å². The van der Waals surface area contributed by atoms with Gasteiger partial charge < -0.3 is 23.9 Å². The molecule has 0 atom stereocenters. The fourth-order valence-corrected chi connectivity index (χ4v) is 0.213. The molecule has 0 aromatic heterocycles. The standard InChI is InChI=1S/C6H9.BrH.Zn/c1-3-5-6-4-2;;/h1,3,5H2,2H3;1H;/q-1;;+2/p-1. The van der Waals surface area contributed by atoms with Crippen LogP contribution in [0.15, 0.2) is 0 Å². The first-order valence-corrected chi connectivity index (χ1v) is 2.10. The molecule has 0 amide bonds. The third-order valence-corrected chi connectivity index (χ3v) is 0.479. The molecule has 0 rings (SSSR count). The normalized spacial score (nSPS) is 4.75. The quantitative estimate of drug-likeness (QED) is 0.294. The van der Waals surface area contributed by atoms with Crippen LogP contribution in [0.2, 0.25) is 0 Å². The molecule has 2 heteroatoms. The molecule has 0 spiro atoms. The first kappa shape index (κ1) is 15.9. The molecule has 0 radical (unpaired) electrons. The van der Waals surface area contributed by atoms with Crippen LogP contribution in [0.1, 0.15) is 19.8 Å². The van der Waals surface area contributed by atoms with E-state index in [4.69, 9.17) is 0 Å². The van der Waals surface area contributed by atoms with Crippen LogP contribution >= 0.6 is 0 Å². The van der Waals surface area contributed by atoms with E-state index in [9.17, 15) is 0 Å². The summed E-state index contributed by atoms with van der Waals surface area (Å²) in [5.41, 5.74) is 0. The maximum absolute atomic E-state index is 3.62. The maximum Gasteiger partial charge on any atom is 2.00 e. The predicted molar refractivity (Wildman–Crippen MR) is 28.0 cm³/mol. The van der Waals surface area contributed by atoms with Crippen LogP contribution < -0.4 is 17.0 Å². The molecule has 0 fully saturated rings. The molecule has 0 N–H and O–H groups in total. The number of unbranched alkanes of at least 4 members (excludes halogenated alkanes) is 1. The Kier molecular flexibility index (Phi) is 31.0. The Morgan fingerprint density at radius 1 is 1.50 bits per heavy atom. The van der Waals surface area contributed by atoms with Gasteiger partial charge >= 0.3 is 19.5 Å². The summed E-state index contributed by atoms with van der Waals surface area (Å²) in [6, 6.07) is 0. The number of hydrogen-bond acceptors (Lipinski definition) is 0. The zero-order valence-corrected chi connectivity index (χ0v) is 9.76. The molecular formula is C6H9BrZn. The summed E-state index contributed by atoms with van der Waals surface area (Å²) in [5, 5.41) is 0. The Morgan fingerprint density at radius 3 is 2.12 bits per heavy atom. The SMILES string of the molecule is [Br-].[CH2-]CCC#CC.[Zn+2]. The Morgan fingerprint density at radius 2 is 2.00 bits per heavy atom. The van der Waals surface area contributed by atoms with Gasteiger partial charge in [0, 0.05) is 0 Å². The molecule has 42 valence electrons. The molecule has 0 aliphatic heterocycles. The minimum absolute atomic E-state index is 0. The van der Waals surface area contributed by atoms with Crippen molar-refractivity contribution in [1.29, 1.82) is 0 Å². The van der Waals surface area contributed by atoms with Gasteiger partial charge in [-0.25, -0.2) is 0 Å². The van der Waals surface area contributed by atoms with Gasteiger partial charge in [-0.1, -0.05) is 0 Å². The number of rotatable bonds is 1. The zero-order valence-electron chi connectivity index (χ0n) is 5.21. The minimum atomic E-state index is 0. The topological polar surface area (TPSA) is 0 Å². The van der Waals surface area contributed by atoms with E-state index in [1.807, 2.05) is 6.92 Å². The second-order valence-electron chi connectivity index (χ2n) is 1.03. The van der Waals surface area contributed by atoms with Crippen molar-refractivity contribution in [1.82, 2.24) is 0 Å². The second kappa shape index (κ2) is 15.6. The van der Waals surface area contributed by atoms with Crippen molar-refractivity contribution in [3.05, 3.63) is 6.92 Å². The van der Waals surface area contributed by atoms with Crippen molar-refractivity contribution in [2.45, 2.75) is 19.8 Å². The molecule has 0 nitrogen and oxygen atoms in total. The van der Waals surface area contributed by atoms with Gasteiger partial charge in [0.15, 0.2) is 0 Å². The monoisotopic (exact) mass is 224 g/mol. The summed E-state index contributed by atoms with van der Waals surface area (Å²) >= 11 is 0. The zero-order chi connectivity index (χ0) is 4.83. The Bertz CT molecular complexity index is 70.3. The molecule has 8 heavy (non-hydrogen) atoms. The second-order valence-corrected chi connectivity index (χ2v) is 1.03. The molecule has 0 aromatic rings. The number of halogens is 1. The average Bonchev–Trinajstić information content (AvgIpc) is 1.61. The number of hydrogen-bond donors (Lipinski definition) is 0. The van der Waals surface area contributed by atoms with E-state index in [1.54, 1.807) is 0 Å². The van der Waals surface area contributed by atoms with Crippen LogP contribution in [0.3, 0.4) is 0 Å². The van der Waals surface area contributed by atoms with E-state index in [-0.39, 0.29) is 36.5 Å². The van der Waals surface area contributed by atoms with E-state index in [1.165, 1.54) is 0 Å². The summed E-state index contributed by atoms with van der Waals surface area (Å²) in [7, 11) is 0. The molecule has 0 bridgehead atoms. The van der Waals surface area contributed by atoms with E-state index >= 15 is 0 Å². The predicted octanol–water partition coefficient (Wildman–Crippen LogP) is -1.37. The van der Waals surface area contributed by atoms with Crippen molar-refractivity contribution >= 4 is 0 Å². The van der Waals surface area contributed by atoms with Gasteiger partial charge in [-0.15, -0.1) is 11.8 Å². The molecule has 0 saturated carbocycles. The van der Waals surface area contributed by atoms with Crippen molar-refractivity contribution in [2.75, 3.05) is 0 Å². The van der Waals surface area contributed by atoms with Gasteiger partial charge in [0.05, 0.1) is 0 Å². The first-order valence-electron chi connectivity index (χ1n) is 2.10. The van der Waals surface area contributed by atoms with Crippen LogP contribution in [0, 0.1) is 18.8 Å². The average molecular weight is 226 g/mol. The van der Waals surface area contributed by atoms with Gasteiger partial charge in [0.25, 0.3) is 0 Å². The summed E-state index contributed by atoms with van der Waals surface area (Å²) in [6.07, 6.45) is 1.87. The molecule has 0 aromatic carbocycles. The smallest absolute Gasteiger partial charge is 1.00 e. The minimum Gasteiger partial charge on any atom is -1.00 e. The molecule has 0 saturated heterocycles. The van der Waals surface area contributed by atoms with Crippen molar-refractivity contribution in [3.8, 4) is 11.8 Å². The van der Waals surface area contributed by atoms with Gasteiger partial charge in [-0.2, -0.15) is 6.42 Å². The van der Waals surface area contributed by atoms with E-state index in [0.717, 1.165) is 12.8 Å². The summed E-state index contributed by atoms with van der Waals surface area (Å²) in [6.45, 7) is 5.46. The third kappa shape index (κ3) is 15.9. The van der Waals surface area contributed by atoms with Crippen LogP contribution in [0.5, 0.6) is 0 Å². The van der Waals surface area contributed by atoms with Crippen molar-refractivity contribution in [2.24, 2.45) is 0 Å². The van der Waals surface area contributed by atoms with Gasteiger partial charge in [0.1, 0.15) is 0 Å². The van der Waals surface area contributed by atoms with Gasteiger partial charge in [0.2, 0.25) is 0 Å². The maximum atomic E-state index is 3.62. The molecule has 0 aliphatic carbocycles. The van der Waals surface area contributed by atoms with Gasteiger partial charge in [-0.3, -0.25) is 0 Å². The fourth-order valence-electron chi connectivity index (χ4n) is 0.213. The van der Waals surface area contributed by atoms with Crippen LogP contribution in [-0.4, -0.2) is 0 Å². The van der Waals surface area contributed by atoms with Gasteiger partial charge in [-0.05, 0) is 13.3 Å². The van der Waals surface area contributed by atoms with Crippen LogP contribution in [-0.2, 0) is 19.5 Å². The van der Waals surface area contributed by atoms with Crippen LogP contribution in [0.4, 0.5) is 0 Å². The van der Waals surface area contributed by atoms with Crippen molar-refractivity contribution < 1.29 is 36.5 Å². The summed E-state index contributed by atoms with van der Waals surface area (Å²) < 4.78 is 0. The fraction of sp³-hybridized carbons (Fsp3) is 0.500. The van der Waals surface area contributed by atoms with Crippen molar-refractivity contribution in [3.63, 3.8) is 0 Å².